The van der Waals surface area contributed by atoms with E-state index in [1.807, 2.05) is 7.05 Å². The number of likely N-dealkylation sites (tertiary alicyclic amines) is 1. The first-order valence-electron chi connectivity index (χ1n) is 9.76. The lowest BCUT2D eigenvalue weighted by Crippen LogP contribution is -2.47. The van der Waals surface area contributed by atoms with Gasteiger partial charge in [0.1, 0.15) is 0 Å². The summed E-state index contributed by atoms with van der Waals surface area (Å²) >= 11 is 0. The van der Waals surface area contributed by atoms with Crippen molar-refractivity contribution in [2.75, 3.05) is 51.2 Å². The van der Waals surface area contributed by atoms with E-state index in [4.69, 9.17) is 0 Å². The number of nitrogens with zero attached hydrogens (tertiary/aromatic N) is 3. The zero-order chi connectivity index (χ0) is 17.5. The molecule has 0 bridgehead atoms. The molecule has 1 atom stereocenters. The van der Waals surface area contributed by atoms with Crippen LogP contribution in [0.1, 0.15) is 31.2 Å². The molecule has 1 aromatic carbocycles. The molecule has 2 aliphatic heterocycles. The molecule has 5 heteroatoms. The van der Waals surface area contributed by atoms with Crippen molar-refractivity contribution in [2.45, 2.75) is 38.6 Å². The van der Waals surface area contributed by atoms with Gasteiger partial charge in [0, 0.05) is 45.0 Å². The van der Waals surface area contributed by atoms with Gasteiger partial charge in [0.15, 0.2) is 5.96 Å². The Hall–Kier alpha value is -1.75. The first kappa shape index (κ1) is 18.1. The highest BCUT2D eigenvalue weighted by atomic mass is 15.3. The summed E-state index contributed by atoms with van der Waals surface area (Å²) in [6, 6.07) is 9.30. The molecule has 1 unspecified atom stereocenters. The molecule has 25 heavy (non-hydrogen) atoms. The smallest absolute Gasteiger partial charge is 0.191 e. The number of guanidine groups is 1. The summed E-state index contributed by atoms with van der Waals surface area (Å²) in [5.74, 6) is 0.938. The molecule has 0 spiro atoms. The van der Waals surface area contributed by atoms with E-state index < -0.39 is 0 Å². The number of hydrogen-bond donors (Lipinski definition) is 2. The summed E-state index contributed by atoms with van der Waals surface area (Å²) < 4.78 is 0. The van der Waals surface area contributed by atoms with Crippen molar-refractivity contribution in [3.8, 4) is 0 Å². The van der Waals surface area contributed by atoms with E-state index in [0.717, 1.165) is 38.6 Å². The third-order valence-corrected chi connectivity index (χ3v) is 5.32. The SMILES string of the molecule is CN=C(NCCN1CCCCC1)NC1CCN(c2ccc(C)cc2)C1. The Kier molecular flexibility index (Phi) is 6.56. The second kappa shape index (κ2) is 9.09. The van der Waals surface area contributed by atoms with Gasteiger partial charge in [-0.15, -0.1) is 0 Å². The van der Waals surface area contributed by atoms with E-state index in [2.05, 4.69) is 56.6 Å². The van der Waals surface area contributed by atoms with Crippen LogP contribution in [0, 0.1) is 6.92 Å². The average molecular weight is 344 g/mol. The van der Waals surface area contributed by atoms with Crippen LogP contribution in [0.3, 0.4) is 0 Å². The normalized spacial score (nSPS) is 22.2. The van der Waals surface area contributed by atoms with Gasteiger partial charge >= 0.3 is 0 Å². The van der Waals surface area contributed by atoms with Gasteiger partial charge in [-0.25, -0.2) is 0 Å². The van der Waals surface area contributed by atoms with Gasteiger partial charge < -0.3 is 20.4 Å². The van der Waals surface area contributed by atoms with Crippen molar-refractivity contribution in [3.05, 3.63) is 29.8 Å². The fourth-order valence-electron chi connectivity index (χ4n) is 3.77. The van der Waals surface area contributed by atoms with Gasteiger partial charge in [-0.1, -0.05) is 24.1 Å². The predicted molar refractivity (Wildman–Crippen MR) is 107 cm³/mol. The highest BCUT2D eigenvalue weighted by Gasteiger charge is 2.23. The summed E-state index contributed by atoms with van der Waals surface area (Å²) in [5, 5.41) is 7.08. The summed E-state index contributed by atoms with van der Waals surface area (Å²) in [4.78, 5) is 9.41. The van der Waals surface area contributed by atoms with Crippen molar-refractivity contribution in [1.82, 2.24) is 15.5 Å². The molecule has 138 valence electrons. The molecule has 2 aliphatic rings. The van der Waals surface area contributed by atoms with Crippen LogP contribution in [0.25, 0.3) is 0 Å². The molecule has 2 fully saturated rings. The third kappa shape index (κ3) is 5.36. The lowest BCUT2D eigenvalue weighted by molar-refractivity contribution is 0.232. The fraction of sp³-hybridized carbons (Fsp3) is 0.650. The van der Waals surface area contributed by atoms with Gasteiger partial charge in [0.05, 0.1) is 0 Å². The fourth-order valence-corrected chi connectivity index (χ4v) is 3.77. The van der Waals surface area contributed by atoms with Crippen LogP contribution in [0.4, 0.5) is 5.69 Å². The molecule has 0 aromatic heterocycles. The zero-order valence-electron chi connectivity index (χ0n) is 15.8. The van der Waals surface area contributed by atoms with Crippen LogP contribution in [0.2, 0.25) is 0 Å². The molecule has 2 N–H and O–H groups in total. The van der Waals surface area contributed by atoms with Crippen LogP contribution >= 0.6 is 0 Å². The first-order valence-corrected chi connectivity index (χ1v) is 9.76. The minimum absolute atomic E-state index is 0.461. The standard InChI is InChI=1S/C20H33N5/c1-17-6-8-19(9-7-17)25-14-10-18(16-25)23-20(21-2)22-11-15-24-12-4-3-5-13-24/h6-9,18H,3-5,10-16H2,1-2H3,(H2,21,22,23). The molecule has 2 saturated heterocycles. The number of anilines is 1. The van der Waals surface area contributed by atoms with Crippen molar-refractivity contribution in [1.29, 1.82) is 0 Å². The Labute approximate surface area is 152 Å². The van der Waals surface area contributed by atoms with E-state index >= 15 is 0 Å². The maximum Gasteiger partial charge on any atom is 0.191 e. The number of aliphatic imine (C=N–C) groups is 1. The number of hydrogen-bond acceptors (Lipinski definition) is 3. The molecule has 0 saturated carbocycles. The molecule has 5 nitrogen and oxygen atoms in total. The van der Waals surface area contributed by atoms with Crippen molar-refractivity contribution in [2.24, 2.45) is 4.99 Å². The Balaban J connectivity index is 1.40. The zero-order valence-corrected chi connectivity index (χ0v) is 15.8. The third-order valence-electron chi connectivity index (χ3n) is 5.32. The Morgan fingerprint density at radius 3 is 2.60 bits per heavy atom. The Bertz CT molecular complexity index is 548. The van der Waals surface area contributed by atoms with Gasteiger partial charge in [-0.2, -0.15) is 0 Å². The number of benzene rings is 1. The summed E-state index contributed by atoms with van der Waals surface area (Å²) in [6.45, 7) is 8.86. The van der Waals surface area contributed by atoms with Crippen LogP contribution < -0.4 is 15.5 Å². The number of aryl methyl sites for hydroxylation is 1. The Morgan fingerprint density at radius 2 is 1.88 bits per heavy atom. The van der Waals surface area contributed by atoms with E-state index in [-0.39, 0.29) is 0 Å². The van der Waals surface area contributed by atoms with Crippen LogP contribution in [0.5, 0.6) is 0 Å². The monoisotopic (exact) mass is 343 g/mol. The average Bonchev–Trinajstić information content (AvgIpc) is 3.11. The molecule has 0 aliphatic carbocycles. The van der Waals surface area contributed by atoms with E-state index in [0.29, 0.717) is 6.04 Å². The predicted octanol–water partition coefficient (Wildman–Crippen LogP) is 2.22. The van der Waals surface area contributed by atoms with Crippen LogP contribution in [-0.2, 0) is 0 Å². The first-order chi connectivity index (χ1) is 12.2. The number of piperidine rings is 1. The quantitative estimate of drug-likeness (QED) is 0.636. The van der Waals surface area contributed by atoms with Gasteiger partial charge in [0.25, 0.3) is 0 Å². The molecular formula is C20H33N5. The van der Waals surface area contributed by atoms with E-state index in [9.17, 15) is 0 Å². The molecular weight excluding hydrogens is 310 g/mol. The largest absolute Gasteiger partial charge is 0.369 e. The maximum atomic E-state index is 4.40. The minimum Gasteiger partial charge on any atom is -0.369 e. The lowest BCUT2D eigenvalue weighted by atomic mass is 10.1. The highest BCUT2D eigenvalue weighted by molar-refractivity contribution is 5.80. The van der Waals surface area contributed by atoms with E-state index in [1.165, 1.54) is 43.6 Å². The summed E-state index contributed by atoms with van der Waals surface area (Å²) in [5.41, 5.74) is 2.64. The molecule has 0 radical (unpaired) electrons. The second-order valence-electron chi connectivity index (χ2n) is 7.31. The van der Waals surface area contributed by atoms with Gasteiger partial charge in [-0.3, -0.25) is 4.99 Å². The minimum atomic E-state index is 0.461. The second-order valence-corrected chi connectivity index (χ2v) is 7.31. The summed E-state index contributed by atoms with van der Waals surface area (Å²) in [7, 11) is 1.86. The highest BCUT2D eigenvalue weighted by Crippen LogP contribution is 2.20. The van der Waals surface area contributed by atoms with E-state index in [1.54, 1.807) is 0 Å². The topological polar surface area (TPSA) is 42.9 Å². The van der Waals surface area contributed by atoms with Gasteiger partial charge in [0.2, 0.25) is 0 Å². The molecule has 2 heterocycles. The molecule has 0 amide bonds. The number of rotatable bonds is 5. The Morgan fingerprint density at radius 1 is 1.12 bits per heavy atom. The van der Waals surface area contributed by atoms with Crippen LogP contribution in [0.15, 0.2) is 29.3 Å². The maximum absolute atomic E-state index is 4.40. The lowest BCUT2D eigenvalue weighted by Gasteiger charge is -2.27. The van der Waals surface area contributed by atoms with Crippen molar-refractivity contribution < 1.29 is 0 Å². The molecule has 3 rings (SSSR count). The van der Waals surface area contributed by atoms with Gasteiger partial charge in [-0.05, 0) is 51.4 Å². The van der Waals surface area contributed by atoms with Crippen LogP contribution in [-0.4, -0.2) is 63.2 Å². The van der Waals surface area contributed by atoms with Crippen molar-refractivity contribution >= 4 is 11.6 Å². The number of nitrogens with one attached hydrogen (secondary N) is 2. The molecule has 1 aromatic rings. The van der Waals surface area contributed by atoms with Crippen molar-refractivity contribution in [3.63, 3.8) is 0 Å². The summed E-state index contributed by atoms with van der Waals surface area (Å²) in [6.07, 6.45) is 5.25.